The number of carbonyl (C=O) groups excluding carboxylic acids is 1. The maximum absolute atomic E-state index is 12.2. The SMILES string of the molecule is CC=C1C(=O)[C@]2(C)CC(C)[C@H]1C2(C)C. The molecule has 0 heterocycles. The van der Waals surface area contributed by atoms with Crippen LogP contribution in [-0.4, -0.2) is 5.78 Å². The van der Waals surface area contributed by atoms with Gasteiger partial charge in [-0.15, -0.1) is 0 Å². The zero-order valence-corrected chi connectivity index (χ0v) is 9.85. The standard InChI is InChI=1S/C13H20O/c1-6-9-10-8(2)7-13(5,11(9)14)12(10,3)4/h6,8,10H,7H2,1-5H3/t8?,10-,13+/m1/s1. The molecule has 0 radical (unpaired) electrons. The highest BCUT2D eigenvalue weighted by Gasteiger charge is 2.66. The Morgan fingerprint density at radius 2 is 1.93 bits per heavy atom. The number of Topliss-reactive ketones (excluding diaryl/α,β-unsaturated/α-hetero) is 1. The number of fused-ring (bicyclic) bond motifs is 2. The second-order valence-electron chi connectivity index (χ2n) is 5.79. The van der Waals surface area contributed by atoms with Gasteiger partial charge in [0.2, 0.25) is 0 Å². The summed E-state index contributed by atoms with van der Waals surface area (Å²) in [7, 11) is 0. The summed E-state index contributed by atoms with van der Waals surface area (Å²) in [5.41, 5.74) is 1.15. The monoisotopic (exact) mass is 192 g/mol. The van der Waals surface area contributed by atoms with Gasteiger partial charge >= 0.3 is 0 Å². The van der Waals surface area contributed by atoms with Crippen LogP contribution >= 0.6 is 0 Å². The lowest BCUT2D eigenvalue weighted by Gasteiger charge is -2.31. The number of ketones is 1. The van der Waals surface area contributed by atoms with Crippen LogP contribution < -0.4 is 0 Å². The summed E-state index contributed by atoms with van der Waals surface area (Å²) in [6, 6.07) is 0. The molecular formula is C13H20O. The molecule has 2 aliphatic carbocycles. The molecule has 0 spiro atoms. The van der Waals surface area contributed by atoms with Crippen molar-refractivity contribution in [3.8, 4) is 0 Å². The van der Waals surface area contributed by atoms with E-state index in [-0.39, 0.29) is 10.8 Å². The maximum atomic E-state index is 12.2. The predicted molar refractivity (Wildman–Crippen MR) is 57.9 cm³/mol. The third-order valence-electron chi connectivity index (χ3n) is 4.91. The van der Waals surface area contributed by atoms with E-state index in [4.69, 9.17) is 0 Å². The van der Waals surface area contributed by atoms with Crippen LogP contribution in [0.4, 0.5) is 0 Å². The van der Waals surface area contributed by atoms with Crippen molar-refractivity contribution in [3.05, 3.63) is 11.6 Å². The molecule has 0 aromatic carbocycles. The Labute approximate surface area is 86.6 Å². The van der Waals surface area contributed by atoms with Crippen LogP contribution in [0.2, 0.25) is 0 Å². The van der Waals surface area contributed by atoms with E-state index in [9.17, 15) is 4.79 Å². The number of rotatable bonds is 0. The minimum absolute atomic E-state index is 0.0983. The van der Waals surface area contributed by atoms with Crippen molar-refractivity contribution in [2.45, 2.75) is 41.0 Å². The van der Waals surface area contributed by atoms with Gasteiger partial charge in [-0.05, 0) is 36.2 Å². The minimum Gasteiger partial charge on any atom is -0.294 e. The molecule has 3 atom stereocenters. The molecule has 2 aliphatic rings. The van der Waals surface area contributed by atoms with E-state index in [1.54, 1.807) is 0 Å². The first-order valence-corrected chi connectivity index (χ1v) is 5.57. The molecule has 78 valence electrons. The van der Waals surface area contributed by atoms with Gasteiger partial charge in [-0.1, -0.05) is 33.8 Å². The summed E-state index contributed by atoms with van der Waals surface area (Å²) < 4.78 is 0. The van der Waals surface area contributed by atoms with Crippen LogP contribution in [0.5, 0.6) is 0 Å². The van der Waals surface area contributed by atoms with Gasteiger partial charge in [0.25, 0.3) is 0 Å². The Bertz CT molecular complexity index is 324. The van der Waals surface area contributed by atoms with E-state index in [1.165, 1.54) is 0 Å². The molecule has 0 aliphatic heterocycles. The first kappa shape index (κ1) is 9.95. The lowest BCUT2D eigenvalue weighted by Crippen LogP contribution is -2.32. The van der Waals surface area contributed by atoms with Gasteiger partial charge in [-0.25, -0.2) is 0 Å². The Morgan fingerprint density at radius 1 is 1.36 bits per heavy atom. The molecule has 0 aromatic rings. The Morgan fingerprint density at radius 3 is 2.29 bits per heavy atom. The van der Waals surface area contributed by atoms with Crippen molar-refractivity contribution in [3.63, 3.8) is 0 Å². The molecule has 1 unspecified atom stereocenters. The lowest BCUT2D eigenvalue weighted by molar-refractivity contribution is -0.125. The molecule has 1 nitrogen and oxygen atoms in total. The third-order valence-corrected chi connectivity index (χ3v) is 4.91. The normalized spacial score (nSPS) is 47.8. The molecule has 0 N–H and O–H groups in total. The highest BCUT2D eigenvalue weighted by atomic mass is 16.1. The summed E-state index contributed by atoms with van der Waals surface area (Å²) >= 11 is 0. The molecule has 2 fully saturated rings. The quantitative estimate of drug-likeness (QED) is 0.539. The molecule has 2 saturated carbocycles. The van der Waals surface area contributed by atoms with Crippen molar-refractivity contribution in [2.75, 3.05) is 0 Å². The van der Waals surface area contributed by atoms with Crippen molar-refractivity contribution < 1.29 is 4.79 Å². The largest absolute Gasteiger partial charge is 0.294 e. The van der Waals surface area contributed by atoms with E-state index >= 15 is 0 Å². The first-order valence-electron chi connectivity index (χ1n) is 5.57. The fourth-order valence-electron chi connectivity index (χ4n) is 3.93. The number of hydrogen-bond donors (Lipinski definition) is 0. The van der Waals surface area contributed by atoms with Crippen molar-refractivity contribution in [1.29, 1.82) is 0 Å². The van der Waals surface area contributed by atoms with Crippen LogP contribution in [0, 0.1) is 22.7 Å². The van der Waals surface area contributed by atoms with Crippen molar-refractivity contribution in [1.82, 2.24) is 0 Å². The summed E-state index contributed by atoms with van der Waals surface area (Å²) in [6.45, 7) is 11.0. The Balaban J connectivity index is 2.60. The molecule has 1 heteroatoms. The van der Waals surface area contributed by atoms with Gasteiger partial charge < -0.3 is 0 Å². The smallest absolute Gasteiger partial charge is 0.165 e. The molecule has 2 rings (SSSR count). The molecule has 0 saturated heterocycles. The Hall–Kier alpha value is -0.590. The molecule has 14 heavy (non-hydrogen) atoms. The topological polar surface area (TPSA) is 17.1 Å². The van der Waals surface area contributed by atoms with Crippen LogP contribution in [0.25, 0.3) is 0 Å². The summed E-state index contributed by atoms with van der Waals surface area (Å²) in [4.78, 5) is 12.2. The average molecular weight is 192 g/mol. The van der Waals surface area contributed by atoms with Crippen LogP contribution in [0.15, 0.2) is 11.6 Å². The number of carbonyl (C=O) groups is 1. The van der Waals surface area contributed by atoms with Gasteiger partial charge in [-0.3, -0.25) is 4.79 Å². The second kappa shape index (κ2) is 2.50. The fourth-order valence-corrected chi connectivity index (χ4v) is 3.93. The van der Waals surface area contributed by atoms with E-state index in [0.717, 1.165) is 12.0 Å². The average Bonchev–Trinajstić information content (AvgIpc) is 2.33. The number of allylic oxidation sites excluding steroid dienone is 2. The lowest BCUT2D eigenvalue weighted by atomic mass is 9.70. The van der Waals surface area contributed by atoms with Crippen LogP contribution in [-0.2, 0) is 4.79 Å². The highest BCUT2D eigenvalue weighted by molar-refractivity contribution is 6.04. The van der Waals surface area contributed by atoms with E-state index in [2.05, 4.69) is 27.7 Å². The van der Waals surface area contributed by atoms with Gasteiger partial charge in [0.15, 0.2) is 5.78 Å². The molecule has 2 bridgehead atoms. The zero-order valence-electron chi connectivity index (χ0n) is 9.85. The zero-order chi connectivity index (χ0) is 10.7. The summed E-state index contributed by atoms with van der Waals surface area (Å²) in [5.74, 6) is 1.57. The Kier molecular flexibility index (Phi) is 1.78. The minimum atomic E-state index is -0.0983. The van der Waals surface area contributed by atoms with Gasteiger partial charge in [0.05, 0.1) is 0 Å². The van der Waals surface area contributed by atoms with E-state index in [1.807, 2.05) is 13.0 Å². The van der Waals surface area contributed by atoms with Crippen molar-refractivity contribution in [2.24, 2.45) is 22.7 Å². The molecule has 0 aromatic heterocycles. The van der Waals surface area contributed by atoms with Crippen LogP contribution in [0.3, 0.4) is 0 Å². The number of hydrogen-bond acceptors (Lipinski definition) is 1. The predicted octanol–water partition coefficient (Wildman–Crippen LogP) is 3.20. The fraction of sp³-hybridized carbons (Fsp3) is 0.769. The first-order chi connectivity index (χ1) is 6.36. The third kappa shape index (κ3) is 0.796. The molecular weight excluding hydrogens is 172 g/mol. The van der Waals surface area contributed by atoms with E-state index in [0.29, 0.717) is 17.6 Å². The summed E-state index contributed by atoms with van der Waals surface area (Å²) in [6.07, 6.45) is 3.11. The molecule has 0 amide bonds. The van der Waals surface area contributed by atoms with Gasteiger partial charge in [0.1, 0.15) is 0 Å². The van der Waals surface area contributed by atoms with Gasteiger partial charge in [-0.2, -0.15) is 0 Å². The maximum Gasteiger partial charge on any atom is 0.165 e. The van der Waals surface area contributed by atoms with Gasteiger partial charge in [0, 0.05) is 5.41 Å². The second-order valence-corrected chi connectivity index (χ2v) is 5.79. The van der Waals surface area contributed by atoms with Crippen LogP contribution in [0.1, 0.15) is 41.0 Å². The summed E-state index contributed by atoms with van der Waals surface area (Å²) in [5, 5.41) is 0. The highest BCUT2D eigenvalue weighted by Crippen LogP contribution is 2.67. The van der Waals surface area contributed by atoms with E-state index < -0.39 is 0 Å². The van der Waals surface area contributed by atoms with Crippen molar-refractivity contribution >= 4 is 5.78 Å².